The van der Waals surface area contributed by atoms with Gasteiger partial charge in [0.05, 0.1) is 23.2 Å². The molecule has 7 nitrogen and oxygen atoms in total. The smallest absolute Gasteiger partial charge is 0.157 e. The van der Waals surface area contributed by atoms with Gasteiger partial charge in [0.25, 0.3) is 0 Å². The fourth-order valence-corrected chi connectivity index (χ4v) is 3.85. The molecular formula is C18H24N4O3S. The Kier molecular flexibility index (Phi) is 4.44. The molecule has 0 bridgehead atoms. The van der Waals surface area contributed by atoms with Crippen LogP contribution in [0.2, 0.25) is 0 Å². The van der Waals surface area contributed by atoms with Crippen LogP contribution in [0.4, 0.5) is 5.82 Å². The van der Waals surface area contributed by atoms with Crippen LogP contribution in [0.3, 0.4) is 0 Å². The molecule has 2 aromatic heterocycles. The summed E-state index contributed by atoms with van der Waals surface area (Å²) < 4.78 is 26.1. The summed E-state index contributed by atoms with van der Waals surface area (Å²) in [5.74, 6) is 0.432. The number of benzene rings is 1. The quantitative estimate of drug-likeness (QED) is 0.706. The molecule has 0 saturated heterocycles. The van der Waals surface area contributed by atoms with Gasteiger partial charge in [-0.05, 0) is 32.4 Å². The molecule has 0 aliphatic carbocycles. The number of hydrogen-bond donors (Lipinski definition) is 2. The van der Waals surface area contributed by atoms with Crippen LogP contribution in [-0.4, -0.2) is 39.4 Å². The second-order valence-corrected chi connectivity index (χ2v) is 9.67. The van der Waals surface area contributed by atoms with Gasteiger partial charge in [0.1, 0.15) is 17.1 Å². The number of aliphatic hydroxyl groups is 1. The van der Waals surface area contributed by atoms with Crippen molar-refractivity contribution in [3.05, 3.63) is 29.6 Å². The molecule has 0 atom stereocenters. The highest BCUT2D eigenvalue weighted by atomic mass is 32.2. The Hall–Kier alpha value is -2.19. The predicted octanol–water partition coefficient (Wildman–Crippen LogP) is 2.18. The number of nitrogens with zero attached hydrogens (tertiary/aromatic N) is 3. The third kappa shape index (κ3) is 3.52. The SMILES string of the molecule is CCS(=O)(=O)Cc1nc2c(N)nc3cc(C)ccc3c2n1CC(C)(C)O. The van der Waals surface area contributed by atoms with Crippen LogP contribution in [0, 0.1) is 6.92 Å². The molecule has 0 amide bonds. The van der Waals surface area contributed by atoms with Crippen molar-refractivity contribution in [2.75, 3.05) is 11.5 Å². The number of rotatable bonds is 5. The van der Waals surface area contributed by atoms with Crippen molar-refractivity contribution in [3.8, 4) is 0 Å². The first-order valence-electron chi connectivity index (χ1n) is 8.48. The van der Waals surface area contributed by atoms with Crippen LogP contribution in [0.15, 0.2) is 18.2 Å². The van der Waals surface area contributed by atoms with Crippen molar-refractivity contribution in [1.29, 1.82) is 0 Å². The predicted molar refractivity (Wildman–Crippen MR) is 104 cm³/mol. The van der Waals surface area contributed by atoms with E-state index in [1.54, 1.807) is 25.3 Å². The van der Waals surface area contributed by atoms with Crippen molar-refractivity contribution < 1.29 is 13.5 Å². The van der Waals surface area contributed by atoms with E-state index in [2.05, 4.69) is 9.97 Å². The second kappa shape index (κ2) is 6.21. The number of aromatic nitrogens is 3. The average molecular weight is 376 g/mol. The first-order chi connectivity index (χ1) is 12.0. The van der Waals surface area contributed by atoms with Crippen molar-refractivity contribution in [2.45, 2.75) is 45.6 Å². The lowest BCUT2D eigenvalue weighted by Gasteiger charge is -2.20. The van der Waals surface area contributed by atoms with E-state index in [4.69, 9.17) is 5.73 Å². The van der Waals surface area contributed by atoms with Crippen LogP contribution >= 0.6 is 0 Å². The Morgan fingerprint density at radius 3 is 2.58 bits per heavy atom. The first kappa shape index (κ1) is 18.6. The van der Waals surface area contributed by atoms with Crippen LogP contribution in [0.25, 0.3) is 21.9 Å². The molecule has 0 spiro atoms. The largest absolute Gasteiger partial charge is 0.389 e. The monoisotopic (exact) mass is 376 g/mol. The van der Waals surface area contributed by atoms with E-state index in [1.807, 2.05) is 25.1 Å². The summed E-state index contributed by atoms with van der Waals surface area (Å²) in [6.07, 6.45) is 0. The van der Waals surface area contributed by atoms with Crippen LogP contribution in [0.1, 0.15) is 32.2 Å². The number of fused-ring (bicyclic) bond motifs is 3. The minimum Gasteiger partial charge on any atom is -0.389 e. The zero-order chi connectivity index (χ0) is 19.3. The summed E-state index contributed by atoms with van der Waals surface area (Å²) in [6.45, 7) is 7.12. The molecule has 26 heavy (non-hydrogen) atoms. The second-order valence-electron chi connectivity index (χ2n) is 7.32. The van der Waals surface area contributed by atoms with Gasteiger partial charge in [-0.25, -0.2) is 18.4 Å². The summed E-state index contributed by atoms with van der Waals surface area (Å²) >= 11 is 0. The average Bonchev–Trinajstić information content (AvgIpc) is 2.84. The molecule has 0 radical (unpaired) electrons. The minimum atomic E-state index is -3.30. The van der Waals surface area contributed by atoms with E-state index in [0.29, 0.717) is 16.9 Å². The Morgan fingerprint density at radius 1 is 1.27 bits per heavy atom. The summed E-state index contributed by atoms with van der Waals surface area (Å²) in [6, 6.07) is 5.82. The van der Waals surface area contributed by atoms with Gasteiger partial charge in [0, 0.05) is 11.1 Å². The van der Waals surface area contributed by atoms with E-state index in [1.165, 1.54) is 0 Å². The van der Waals surface area contributed by atoms with Crippen molar-refractivity contribution in [3.63, 3.8) is 0 Å². The number of pyridine rings is 1. The molecule has 3 rings (SSSR count). The van der Waals surface area contributed by atoms with Gasteiger partial charge in [-0.1, -0.05) is 19.1 Å². The Labute approximate surface area is 152 Å². The summed E-state index contributed by atoms with van der Waals surface area (Å²) in [5.41, 5.74) is 8.00. The number of nitrogens with two attached hydrogens (primary N) is 1. The maximum atomic E-state index is 12.2. The fraction of sp³-hybridized carbons (Fsp3) is 0.444. The highest BCUT2D eigenvalue weighted by molar-refractivity contribution is 7.90. The summed E-state index contributed by atoms with van der Waals surface area (Å²) in [4.78, 5) is 8.91. The molecule has 3 aromatic rings. The van der Waals surface area contributed by atoms with Gasteiger partial charge in [-0.15, -0.1) is 0 Å². The molecule has 0 saturated carbocycles. The van der Waals surface area contributed by atoms with Gasteiger partial charge < -0.3 is 15.4 Å². The summed E-state index contributed by atoms with van der Waals surface area (Å²) in [5, 5.41) is 11.2. The van der Waals surface area contributed by atoms with E-state index < -0.39 is 15.4 Å². The molecular weight excluding hydrogens is 352 g/mol. The summed E-state index contributed by atoms with van der Waals surface area (Å²) in [7, 11) is -3.30. The molecule has 0 aliphatic rings. The Morgan fingerprint density at radius 2 is 1.96 bits per heavy atom. The van der Waals surface area contributed by atoms with E-state index in [0.717, 1.165) is 16.5 Å². The minimum absolute atomic E-state index is 0.0202. The molecule has 8 heteroatoms. The molecule has 0 unspecified atom stereocenters. The lowest BCUT2D eigenvalue weighted by molar-refractivity contribution is 0.0620. The molecule has 0 aliphatic heterocycles. The number of imidazole rings is 1. The van der Waals surface area contributed by atoms with Gasteiger partial charge in [0.2, 0.25) is 0 Å². The zero-order valence-electron chi connectivity index (χ0n) is 15.4. The third-order valence-electron chi connectivity index (χ3n) is 4.27. The van der Waals surface area contributed by atoms with Crippen LogP contribution in [0.5, 0.6) is 0 Å². The Bertz CT molecular complexity index is 1100. The van der Waals surface area contributed by atoms with Crippen LogP contribution < -0.4 is 5.73 Å². The highest BCUT2D eigenvalue weighted by Gasteiger charge is 2.24. The van der Waals surface area contributed by atoms with E-state index in [9.17, 15) is 13.5 Å². The zero-order valence-corrected chi connectivity index (χ0v) is 16.3. The lowest BCUT2D eigenvalue weighted by Crippen LogP contribution is -2.27. The van der Waals surface area contributed by atoms with Gasteiger partial charge in [-0.2, -0.15) is 0 Å². The number of aryl methyl sites for hydroxylation is 1. The normalized spacial score (nSPS) is 13.0. The first-order valence-corrected chi connectivity index (χ1v) is 10.3. The molecule has 3 N–H and O–H groups in total. The lowest BCUT2D eigenvalue weighted by atomic mass is 10.1. The molecule has 1 aromatic carbocycles. The fourth-order valence-electron chi connectivity index (χ4n) is 3.03. The number of anilines is 1. The van der Waals surface area contributed by atoms with Crippen molar-refractivity contribution in [1.82, 2.24) is 14.5 Å². The third-order valence-corrected chi connectivity index (χ3v) is 5.85. The van der Waals surface area contributed by atoms with Crippen molar-refractivity contribution >= 4 is 37.6 Å². The maximum Gasteiger partial charge on any atom is 0.157 e. The van der Waals surface area contributed by atoms with Crippen LogP contribution in [-0.2, 0) is 22.1 Å². The van der Waals surface area contributed by atoms with Gasteiger partial charge >= 0.3 is 0 Å². The molecule has 0 fully saturated rings. The Balaban J connectivity index is 2.39. The topological polar surface area (TPSA) is 111 Å². The maximum absolute atomic E-state index is 12.2. The van der Waals surface area contributed by atoms with E-state index in [-0.39, 0.29) is 23.9 Å². The number of hydrogen-bond acceptors (Lipinski definition) is 6. The number of nitrogen functional groups attached to an aromatic ring is 1. The van der Waals surface area contributed by atoms with E-state index >= 15 is 0 Å². The molecule has 2 heterocycles. The highest BCUT2D eigenvalue weighted by Crippen LogP contribution is 2.31. The number of sulfone groups is 1. The van der Waals surface area contributed by atoms with Gasteiger partial charge in [0.15, 0.2) is 15.7 Å². The molecule has 140 valence electrons. The van der Waals surface area contributed by atoms with Gasteiger partial charge in [-0.3, -0.25) is 0 Å². The standard InChI is InChI=1S/C18H24N4O3S/c1-5-26(24,25)9-14-21-15-16(22(14)10-18(3,4)23)12-7-6-11(2)8-13(12)20-17(15)19/h6-8,23H,5,9-10H2,1-4H3,(H2,19,20). The van der Waals surface area contributed by atoms with Crippen molar-refractivity contribution in [2.24, 2.45) is 0 Å².